The highest BCUT2D eigenvalue weighted by Gasteiger charge is 2.41. The molecule has 1 aliphatic heterocycles. The summed E-state index contributed by atoms with van der Waals surface area (Å²) >= 11 is 0. The Morgan fingerprint density at radius 2 is 2.05 bits per heavy atom. The fourth-order valence-electron chi connectivity index (χ4n) is 4.02. The fraction of sp³-hybridized carbons (Fsp3) is 0.667. The van der Waals surface area contributed by atoms with Crippen molar-refractivity contribution in [3.8, 4) is 5.75 Å². The lowest BCUT2D eigenvalue weighted by Crippen LogP contribution is -2.44. The Balaban J connectivity index is 1.82. The smallest absolute Gasteiger partial charge is 0.119 e. The molecule has 1 N–H and O–H groups in total. The average Bonchev–Trinajstić information content (AvgIpc) is 3.03. The molecule has 1 saturated carbocycles. The van der Waals surface area contributed by atoms with Crippen LogP contribution in [0.15, 0.2) is 24.3 Å². The number of hydrogen-bond donors (Lipinski definition) is 1. The zero-order valence-corrected chi connectivity index (χ0v) is 13.1. The van der Waals surface area contributed by atoms with Crippen LogP contribution in [0.25, 0.3) is 0 Å². The van der Waals surface area contributed by atoms with Crippen molar-refractivity contribution in [3.05, 3.63) is 29.8 Å². The molecule has 116 valence electrons. The molecule has 0 bridgehead atoms. The molecule has 0 aromatic heterocycles. The van der Waals surface area contributed by atoms with E-state index in [2.05, 4.69) is 11.0 Å². The molecule has 2 fully saturated rings. The van der Waals surface area contributed by atoms with Gasteiger partial charge in [0, 0.05) is 12.5 Å². The van der Waals surface area contributed by atoms with Gasteiger partial charge in [-0.25, -0.2) is 0 Å². The Hall–Kier alpha value is -1.06. The third-order valence-corrected chi connectivity index (χ3v) is 5.28. The van der Waals surface area contributed by atoms with Crippen LogP contribution in [0.5, 0.6) is 5.75 Å². The molecule has 2 unspecified atom stereocenters. The maximum absolute atomic E-state index is 11.4. The summed E-state index contributed by atoms with van der Waals surface area (Å²) in [5.41, 5.74) is 0.348. The van der Waals surface area contributed by atoms with Crippen LogP contribution in [-0.4, -0.2) is 36.8 Å². The molecular formula is C18H27NO2. The number of rotatable bonds is 4. The van der Waals surface area contributed by atoms with Crippen molar-refractivity contribution in [2.24, 2.45) is 5.92 Å². The number of ether oxygens (including phenoxy) is 1. The van der Waals surface area contributed by atoms with Gasteiger partial charge in [-0.05, 0) is 56.5 Å². The molecule has 3 heteroatoms. The first-order valence-corrected chi connectivity index (χ1v) is 8.31. The Bertz CT molecular complexity index is 470. The predicted molar refractivity (Wildman–Crippen MR) is 84.5 cm³/mol. The van der Waals surface area contributed by atoms with Gasteiger partial charge in [0.25, 0.3) is 0 Å². The fourth-order valence-corrected chi connectivity index (χ4v) is 4.02. The van der Waals surface area contributed by atoms with Crippen LogP contribution in [-0.2, 0) is 5.60 Å². The summed E-state index contributed by atoms with van der Waals surface area (Å²) < 4.78 is 5.34. The molecule has 1 aliphatic carbocycles. The quantitative estimate of drug-likeness (QED) is 0.924. The van der Waals surface area contributed by atoms with Crippen molar-refractivity contribution >= 4 is 0 Å². The molecule has 0 amide bonds. The van der Waals surface area contributed by atoms with Crippen LogP contribution < -0.4 is 4.74 Å². The number of likely N-dealkylation sites (tertiary alicyclic amines) is 1. The van der Waals surface area contributed by atoms with E-state index in [4.69, 9.17) is 4.74 Å². The SMILES string of the molecule is COc1cccc(C2(O)CCCCC2CN2CCCC2)c1. The third kappa shape index (κ3) is 3.09. The first-order valence-electron chi connectivity index (χ1n) is 8.31. The van der Waals surface area contributed by atoms with Crippen molar-refractivity contribution < 1.29 is 9.84 Å². The van der Waals surface area contributed by atoms with E-state index in [1.54, 1.807) is 7.11 Å². The summed E-state index contributed by atoms with van der Waals surface area (Å²) in [5, 5.41) is 11.4. The number of hydrogen-bond acceptors (Lipinski definition) is 3. The number of methoxy groups -OCH3 is 1. The van der Waals surface area contributed by atoms with Gasteiger partial charge < -0.3 is 14.7 Å². The number of aliphatic hydroxyl groups is 1. The molecule has 2 aliphatic rings. The lowest BCUT2D eigenvalue weighted by Gasteiger charge is -2.42. The monoisotopic (exact) mass is 289 g/mol. The second-order valence-electron chi connectivity index (χ2n) is 6.61. The minimum atomic E-state index is -0.685. The highest BCUT2D eigenvalue weighted by Crippen LogP contribution is 2.43. The molecule has 1 aromatic rings. The molecule has 1 heterocycles. The summed E-state index contributed by atoms with van der Waals surface area (Å²) in [6.45, 7) is 3.43. The molecule has 2 atom stereocenters. The summed E-state index contributed by atoms with van der Waals surface area (Å²) in [7, 11) is 1.69. The second-order valence-corrected chi connectivity index (χ2v) is 6.61. The lowest BCUT2D eigenvalue weighted by molar-refractivity contribution is -0.0639. The van der Waals surface area contributed by atoms with Crippen molar-refractivity contribution in [1.82, 2.24) is 4.90 Å². The van der Waals surface area contributed by atoms with Crippen LogP contribution in [0.4, 0.5) is 0 Å². The van der Waals surface area contributed by atoms with Gasteiger partial charge in [0.2, 0.25) is 0 Å². The van der Waals surface area contributed by atoms with Crippen LogP contribution >= 0.6 is 0 Å². The minimum Gasteiger partial charge on any atom is -0.497 e. The molecule has 3 rings (SSSR count). The van der Waals surface area contributed by atoms with Crippen molar-refractivity contribution in [1.29, 1.82) is 0 Å². The Morgan fingerprint density at radius 3 is 2.81 bits per heavy atom. The minimum absolute atomic E-state index is 0.344. The summed E-state index contributed by atoms with van der Waals surface area (Å²) in [4.78, 5) is 2.53. The zero-order chi connectivity index (χ0) is 14.7. The molecule has 21 heavy (non-hydrogen) atoms. The van der Waals surface area contributed by atoms with Gasteiger partial charge >= 0.3 is 0 Å². The number of nitrogens with zero attached hydrogens (tertiary/aromatic N) is 1. The molecule has 0 spiro atoms. The predicted octanol–water partition coefficient (Wildman–Crippen LogP) is 3.17. The second kappa shape index (κ2) is 6.37. The van der Waals surface area contributed by atoms with E-state index in [1.165, 1.54) is 32.4 Å². The molecule has 1 aromatic carbocycles. The van der Waals surface area contributed by atoms with Gasteiger partial charge in [0.15, 0.2) is 0 Å². The Labute approximate surface area is 127 Å². The van der Waals surface area contributed by atoms with Crippen LogP contribution in [0, 0.1) is 5.92 Å². The van der Waals surface area contributed by atoms with Gasteiger partial charge in [-0.1, -0.05) is 25.0 Å². The number of benzene rings is 1. The van der Waals surface area contributed by atoms with Crippen LogP contribution in [0.3, 0.4) is 0 Å². The van der Waals surface area contributed by atoms with Gasteiger partial charge in [-0.2, -0.15) is 0 Å². The highest BCUT2D eigenvalue weighted by atomic mass is 16.5. The normalized spacial score (nSPS) is 30.5. The van der Waals surface area contributed by atoms with Gasteiger partial charge in [0.05, 0.1) is 12.7 Å². The standard InChI is InChI=1S/C18H27NO2/c1-21-17-9-6-8-15(13-17)18(20)10-3-2-7-16(18)14-19-11-4-5-12-19/h6,8-9,13,16,20H,2-5,7,10-12,14H2,1H3. The molecule has 0 radical (unpaired) electrons. The van der Waals surface area contributed by atoms with E-state index in [0.717, 1.165) is 37.1 Å². The van der Waals surface area contributed by atoms with Gasteiger partial charge in [-0.15, -0.1) is 0 Å². The zero-order valence-electron chi connectivity index (χ0n) is 13.1. The summed E-state index contributed by atoms with van der Waals surface area (Å²) in [6, 6.07) is 8.02. The topological polar surface area (TPSA) is 32.7 Å². The van der Waals surface area contributed by atoms with Crippen molar-refractivity contribution in [3.63, 3.8) is 0 Å². The first-order chi connectivity index (χ1) is 10.2. The van der Waals surface area contributed by atoms with E-state index in [9.17, 15) is 5.11 Å². The Morgan fingerprint density at radius 1 is 1.24 bits per heavy atom. The van der Waals surface area contributed by atoms with E-state index in [1.807, 2.05) is 18.2 Å². The first kappa shape index (κ1) is 14.9. The van der Waals surface area contributed by atoms with Crippen LogP contribution in [0.1, 0.15) is 44.1 Å². The van der Waals surface area contributed by atoms with Crippen molar-refractivity contribution in [2.45, 2.75) is 44.1 Å². The maximum atomic E-state index is 11.4. The largest absolute Gasteiger partial charge is 0.497 e. The summed E-state index contributed by atoms with van der Waals surface area (Å²) in [5.74, 6) is 1.18. The van der Waals surface area contributed by atoms with E-state index in [0.29, 0.717) is 5.92 Å². The molecule has 3 nitrogen and oxygen atoms in total. The Kier molecular flexibility index (Phi) is 4.51. The van der Waals surface area contributed by atoms with Gasteiger partial charge in [0.1, 0.15) is 5.75 Å². The van der Waals surface area contributed by atoms with Crippen LogP contribution in [0.2, 0.25) is 0 Å². The highest BCUT2D eigenvalue weighted by molar-refractivity contribution is 5.33. The molecule has 1 saturated heterocycles. The van der Waals surface area contributed by atoms with E-state index in [-0.39, 0.29) is 0 Å². The average molecular weight is 289 g/mol. The maximum Gasteiger partial charge on any atom is 0.119 e. The third-order valence-electron chi connectivity index (χ3n) is 5.28. The van der Waals surface area contributed by atoms with Gasteiger partial charge in [-0.3, -0.25) is 0 Å². The lowest BCUT2D eigenvalue weighted by atomic mass is 9.71. The van der Waals surface area contributed by atoms with E-state index < -0.39 is 5.60 Å². The summed E-state index contributed by atoms with van der Waals surface area (Å²) in [6.07, 6.45) is 6.98. The van der Waals surface area contributed by atoms with Crippen molar-refractivity contribution in [2.75, 3.05) is 26.7 Å². The molecular weight excluding hydrogens is 262 g/mol. The van der Waals surface area contributed by atoms with E-state index >= 15 is 0 Å².